The predicted molar refractivity (Wildman–Crippen MR) is 69.1 cm³/mol. The molecule has 1 aliphatic rings. The normalized spacial score (nSPS) is 22.9. The van der Waals surface area contributed by atoms with Gasteiger partial charge in [0.1, 0.15) is 0 Å². The topological polar surface area (TPSA) is 40.5 Å². The van der Waals surface area contributed by atoms with Crippen molar-refractivity contribution >= 4 is 17.7 Å². The maximum Gasteiger partial charge on any atom is 0.303 e. The molecule has 0 saturated carbocycles. The first-order chi connectivity index (χ1) is 7.72. The van der Waals surface area contributed by atoms with Gasteiger partial charge in [-0.15, -0.1) is 0 Å². The van der Waals surface area contributed by atoms with Gasteiger partial charge in [-0.2, -0.15) is 11.8 Å². The molecular weight excluding hydrogens is 222 g/mol. The Morgan fingerprint density at radius 1 is 1.50 bits per heavy atom. The summed E-state index contributed by atoms with van der Waals surface area (Å²) in [6.07, 6.45) is 5.02. The van der Waals surface area contributed by atoms with E-state index in [1.54, 1.807) is 0 Å². The van der Waals surface area contributed by atoms with Gasteiger partial charge in [0, 0.05) is 18.2 Å². The third kappa shape index (κ3) is 5.75. The second-order valence-corrected chi connectivity index (χ2v) is 5.95. The summed E-state index contributed by atoms with van der Waals surface area (Å²) in [5.41, 5.74) is 0. The summed E-state index contributed by atoms with van der Waals surface area (Å²) in [6, 6.07) is 0. The molecule has 1 fully saturated rings. The van der Waals surface area contributed by atoms with E-state index >= 15 is 0 Å². The Kier molecular flexibility index (Phi) is 6.88. The number of hydrogen-bond donors (Lipinski definition) is 1. The maximum absolute atomic E-state index is 10.5. The summed E-state index contributed by atoms with van der Waals surface area (Å²) >= 11 is 2.05. The van der Waals surface area contributed by atoms with Gasteiger partial charge in [0.25, 0.3) is 0 Å². The standard InChI is InChI=1S/C12H23NO2S/c1-2-16-11-6-3-4-8-13(10-11)9-5-7-12(14)15/h11H,2-10H2,1H3,(H,14,15)/t11-/m1/s1. The number of likely N-dealkylation sites (tertiary alicyclic amines) is 1. The molecule has 0 amide bonds. The fraction of sp³-hybridized carbons (Fsp3) is 0.917. The van der Waals surface area contributed by atoms with Crippen molar-refractivity contribution in [2.45, 2.75) is 44.3 Å². The quantitative estimate of drug-likeness (QED) is 0.780. The maximum atomic E-state index is 10.5. The van der Waals surface area contributed by atoms with E-state index in [1.165, 1.54) is 25.0 Å². The van der Waals surface area contributed by atoms with E-state index < -0.39 is 5.97 Å². The Morgan fingerprint density at radius 2 is 2.31 bits per heavy atom. The van der Waals surface area contributed by atoms with Crippen LogP contribution in [0, 0.1) is 0 Å². The summed E-state index contributed by atoms with van der Waals surface area (Å²) in [6.45, 7) is 5.47. The molecule has 0 radical (unpaired) electrons. The van der Waals surface area contributed by atoms with Crippen LogP contribution in [0.3, 0.4) is 0 Å². The van der Waals surface area contributed by atoms with Gasteiger partial charge in [-0.3, -0.25) is 4.79 Å². The van der Waals surface area contributed by atoms with Crippen molar-refractivity contribution in [2.24, 2.45) is 0 Å². The number of carboxylic acids is 1. The van der Waals surface area contributed by atoms with Crippen LogP contribution in [0.25, 0.3) is 0 Å². The van der Waals surface area contributed by atoms with Crippen molar-refractivity contribution in [1.82, 2.24) is 4.90 Å². The number of thioether (sulfide) groups is 1. The molecule has 0 aromatic carbocycles. The van der Waals surface area contributed by atoms with E-state index in [4.69, 9.17) is 5.11 Å². The first-order valence-electron chi connectivity index (χ1n) is 6.28. The van der Waals surface area contributed by atoms with Gasteiger partial charge in [0.15, 0.2) is 0 Å². The highest BCUT2D eigenvalue weighted by Crippen LogP contribution is 2.22. The smallest absolute Gasteiger partial charge is 0.303 e. The Balaban J connectivity index is 2.25. The van der Waals surface area contributed by atoms with Crippen molar-refractivity contribution in [2.75, 3.05) is 25.4 Å². The monoisotopic (exact) mass is 245 g/mol. The number of nitrogens with zero attached hydrogens (tertiary/aromatic N) is 1. The largest absolute Gasteiger partial charge is 0.481 e. The van der Waals surface area contributed by atoms with Crippen molar-refractivity contribution < 1.29 is 9.90 Å². The number of rotatable bonds is 6. The fourth-order valence-corrected chi connectivity index (χ4v) is 3.33. The first-order valence-corrected chi connectivity index (χ1v) is 7.33. The number of carbonyl (C=O) groups is 1. The molecule has 16 heavy (non-hydrogen) atoms. The lowest BCUT2D eigenvalue weighted by Crippen LogP contribution is -2.31. The molecule has 1 atom stereocenters. The highest BCUT2D eigenvalue weighted by Gasteiger charge is 2.17. The number of aliphatic carboxylic acids is 1. The molecule has 1 rings (SSSR count). The molecule has 0 aliphatic carbocycles. The van der Waals surface area contributed by atoms with Gasteiger partial charge in [-0.25, -0.2) is 0 Å². The van der Waals surface area contributed by atoms with Gasteiger partial charge in [-0.1, -0.05) is 13.3 Å². The molecular formula is C12H23NO2S. The molecule has 1 N–H and O–H groups in total. The fourth-order valence-electron chi connectivity index (χ4n) is 2.21. The Hall–Kier alpha value is -0.220. The van der Waals surface area contributed by atoms with Gasteiger partial charge in [0.2, 0.25) is 0 Å². The average molecular weight is 245 g/mol. The summed E-state index contributed by atoms with van der Waals surface area (Å²) in [5, 5.41) is 9.37. The van der Waals surface area contributed by atoms with E-state index in [9.17, 15) is 4.79 Å². The zero-order valence-corrected chi connectivity index (χ0v) is 11.0. The van der Waals surface area contributed by atoms with E-state index in [0.29, 0.717) is 6.42 Å². The zero-order chi connectivity index (χ0) is 11.8. The third-order valence-corrected chi connectivity index (χ3v) is 4.17. The van der Waals surface area contributed by atoms with Gasteiger partial charge >= 0.3 is 5.97 Å². The van der Waals surface area contributed by atoms with Crippen LogP contribution in [0.4, 0.5) is 0 Å². The first kappa shape index (κ1) is 13.8. The highest BCUT2D eigenvalue weighted by molar-refractivity contribution is 7.99. The van der Waals surface area contributed by atoms with Crippen LogP contribution in [0.15, 0.2) is 0 Å². The molecule has 0 aromatic heterocycles. The predicted octanol–water partition coefficient (Wildman–Crippen LogP) is 2.46. The molecule has 1 saturated heterocycles. The zero-order valence-electron chi connectivity index (χ0n) is 10.2. The van der Waals surface area contributed by atoms with Crippen LogP contribution in [0.1, 0.15) is 39.0 Å². The van der Waals surface area contributed by atoms with Crippen molar-refractivity contribution in [3.05, 3.63) is 0 Å². The van der Waals surface area contributed by atoms with Crippen LogP contribution < -0.4 is 0 Å². The highest BCUT2D eigenvalue weighted by atomic mass is 32.2. The van der Waals surface area contributed by atoms with Gasteiger partial charge in [0.05, 0.1) is 0 Å². The van der Waals surface area contributed by atoms with Crippen LogP contribution in [0.2, 0.25) is 0 Å². The van der Waals surface area contributed by atoms with E-state index in [1.807, 2.05) is 0 Å². The Bertz CT molecular complexity index is 211. The second kappa shape index (κ2) is 7.96. The van der Waals surface area contributed by atoms with Crippen LogP contribution >= 0.6 is 11.8 Å². The molecule has 3 nitrogen and oxygen atoms in total. The molecule has 0 bridgehead atoms. The molecule has 0 aromatic rings. The summed E-state index contributed by atoms with van der Waals surface area (Å²) in [5.74, 6) is 0.516. The summed E-state index contributed by atoms with van der Waals surface area (Å²) in [7, 11) is 0. The molecule has 0 unspecified atom stereocenters. The van der Waals surface area contributed by atoms with Gasteiger partial charge in [-0.05, 0) is 38.1 Å². The van der Waals surface area contributed by atoms with E-state index in [0.717, 1.165) is 31.3 Å². The third-order valence-electron chi connectivity index (χ3n) is 2.98. The van der Waals surface area contributed by atoms with Crippen LogP contribution in [-0.4, -0.2) is 46.6 Å². The van der Waals surface area contributed by atoms with Crippen LogP contribution in [0.5, 0.6) is 0 Å². The van der Waals surface area contributed by atoms with Crippen LogP contribution in [-0.2, 0) is 4.79 Å². The second-order valence-electron chi connectivity index (χ2n) is 4.37. The molecule has 1 aliphatic heterocycles. The lowest BCUT2D eigenvalue weighted by atomic mass is 10.2. The average Bonchev–Trinajstić information content (AvgIpc) is 2.44. The number of carboxylic acid groups (broad SMARTS) is 1. The lowest BCUT2D eigenvalue weighted by molar-refractivity contribution is -0.137. The Morgan fingerprint density at radius 3 is 3.00 bits per heavy atom. The van der Waals surface area contributed by atoms with E-state index in [2.05, 4.69) is 23.6 Å². The van der Waals surface area contributed by atoms with E-state index in [-0.39, 0.29) is 0 Å². The minimum absolute atomic E-state index is 0.308. The SMILES string of the molecule is CCS[C@@H]1CCCCN(CCCC(=O)O)C1. The summed E-state index contributed by atoms with van der Waals surface area (Å²) < 4.78 is 0. The number of hydrogen-bond acceptors (Lipinski definition) is 3. The molecule has 1 heterocycles. The lowest BCUT2D eigenvalue weighted by Gasteiger charge is -2.23. The molecule has 4 heteroatoms. The Labute approximate surface area is 103 Å². The van der Waals surface area contributed by atoms with Gasteiger partial charge < -0.3 is 10.0 Å². The van der Waals surface area contributed by atoms with Crippen molar-refractivity contribution in [3.63, 3.8) is 0 Å². The summed E-state index contributed by atoms with van der Waals surface area (Å²) in [4.78, 5) is 12.9. The minimum atomic E-state index is -0.672. The molecule has 0 spiro atoms. The molecule has 94 valence electrons. The minimum Gasteiger partial charge on any atom is -0.481 e. The van der Waals surface area contributed by atoms with Crippen molar-refractivity contribution in [1.29, 1.82) is 0 Å². The van der Waals surface area contributed by atoms with Crippen molar-refractivity contribution in [3.8, 4) is 0 Å².